The number of anilines is 1. The van der Waals surface area contributed by atoms with E-state index in [4.69, 9.17) is 0 Å². The van der Waals surface area contributed by atoms with E-state index in [0.29, 0.717) is 11.1 Å². The van der Waals surface area contributed by atoms with Crippen LogP contribution in [0, 0.1) is 0 Å². The first-order valence-corrected chi connectivity index (χ1v) is 7.41. The number of carbonyl (C=O) groups is 2. The van der Waals surface area contributed by atoms with Gasteiger partial charge in [-0.2, -0.15) is 0 Å². The molecule has 112 valence electrons. The summed E-state index contributed by atoms with van der Waals surface area (Å²) < 4.78 is 0. The largest absolute Gasteiger partial charge is 0.384 e. The fourth-order valence-electron chi connectivity index (χ4n) is 2.75. The topological polar surface area (TPSA) is 58.2 Å². The summed E-state index contributed by atoms with van der Waals surface area (Å²) in [4.78, 5) is 23.2. The van der Waals surface area contributed by atoms with Crippen molar-refractivity contribution in [3.05, 3.63) is 64.7 Å². The van der Waals surface area contributed by atoms with E-state index in [0.717, 1.165) is 30.5 Å². The molecule has 0 bridgehead atoms. The Labute approximate surface area is 129 Å². The monoisotopic (exact) mass is 294 g/mol. The lowest BCUT2D eigenvalue weighted by atomic mass is 10.0. The van der Waals surface area contributed by atoms with E-state index in [2.05, 4.69) is 10.6 Å². The fourth-order valence-corrected chi connectivity index (χ4v) is 2.75. The minimum absolute atomic E-state index is 0.0850. The van der Waals surface area contributed by atoms with Crippen LogP contribution in [-0.4, -0.2) is 18.7 Å². The predicted molar refractivity (Wildman–Crippen MR) is 86.3 cm³/mol. The van der Waals surface area contributed by atoms with E-state index >= 15 is 0 Å². The molecule has 1 atom stereocenters. The van der Waals surface area contributed by atoms with E-state index < -0.39 is 0 Å². The Kier molecular flexibility index (Phi) is 3.92. The number of amides is 1. The lowest BCUT2D eigenvalue weighted by Gasteiger charge is -2.16. The van der Waals surface area contributed by atoms with Crippen molar-refractivity contribution in [3.63, 3.8) is 0 Å². The molecule has 4 nitrogen and oxygen atoms in total. The number of aldehydes is 1. The molecule has 0 spiro atoms. The van der Waals surface area contributed by atoms with Crippen LogP contribution < -0.4 is 10.6 Å². The first-order valence-electron chi connectivity index (χ1n) is 7.41. The van der Waals surface area contributed by atoms with Crippen LogP contribution in [-0.2, 0) is 6.42 Å². The third-order valence-electron chi connectivity index (χ3n) is 4.01. The molecule has 22 heavy (non-hydrogen) atoms. The second kappa shape index (κ2) is 6.02. The number of benzene rings is 2. The van der Waals surface area contributed by atoms with Gasteiger partial charge in [-0.1, -0.05) is 36.4 Å². The van der Waals surface area contributed by atoms with E-state index in [9.17, 15) is 9.59 Å². The maximum absolute atomic E-state index is 12.5. The molecule has 4 heteroatoms. The van der Waals surface area contributed by atoms with E-state index in [1.807, 2.05) is 37.3 Å². The van der Waals surface area contributed by atoms with Crippen LogP contribution in [0.25, 0.3) is 0 Å². The molecule has 0 unspecified atom stereocenters. The number of carbonyl (C=O) groups excluding carboxylic acids is 2. The molecular formula is C18H18N2O2. The van der Waals surface area contributed by atoms with Crippen LogP contribution in [0.4, 0.5) is 5.69 Å². The van der Waals surface area contributed by atoms with Gasteiger partial charge in [-0.25, -0.2) is 0 Å². The normalized spacial score (nSPS) is 13.9. The van der Waals surface area contributed by atoms with Gasteiger partial charge in [-0.05, 0) is 30.5 Å². The first kappa shape index (κ1) is 14.3. The molecule has 2 aromatic carbocycles. The van der Waals surface area contributed by atoms with Crippen molar-refractivity contribution in [2.45, 2.75) is 19.4 Å². The number of para-hydroxylation sites is 1. The van der Waals surface area contributed by atoms with E-state index in [1.54, 1.807) is 12.1 Å². The standard InChI is InChI=1S/C18H18N2O2/c1-12(14-7-5-13(11-21)6-8-14)20-18(22)16-4-2-3-15-9-10-19-17(15)16/h2-8,11-12,19H,9-10H2,1H3,(H,20,22)/t12-/m0/s1. The fraction of sp³-hybridized carbons (Fsp3) is 0.222. The molecule has 2 N–H and O–H groups in total. The quantitative estimate of drug-likeness (QED) is 0.852. The van der Waals surface area contributed by atoms with Crippen molar-refractivity contribution in [2.75, 3.05) is 11.9 Å². The van der Waals surface area contributed by atoms with Crippen LogP contribution in [0.5, 0.6) is 0 Å². The zero-order valence-electron chi connectivity index (χ0n) is 12.4. The minimum Gasteiger partial charge on any atom is -0.384 e. The van der Waals surface area contributed by atoms with Crippen molar-refractivity contribution in [1.82, 2.24) is 5.32 Å². The Morgan fingerprint density at radius 3 is 2.73 bits per heavy atom. The maximum Gasteiger partial charge on any atom is 0.253 e. The summed E-state index contributed by atoms with van der Waals surface area (Å²) in [5.41, 5.74) is 4.43. The van der Waals surface area contributed by atoms with Gasteiger partial charge >= 0.3 is 0 Å². The van der Waals surface area contributed by atoms with Crippen molar-refractivity contribution < 1.29 is 9.59 Å². The zero-order valence-corrected chi connectivity index (χ0v) is 12.4. The molecule has 1 amide bonds. The molecule has 0 saturated heterocycles. The summed E-state index contributed by atoms with van der Waals surface area (Å²) in [6, 6.07) is 12.9. The molecule has 2 aromatic rings. The Morgan fingerprint density at radius 1 is 1.23 bits per heavy atom. The number of fused-ring (bicyclic) bond motifs is 1. The van der Waals surface area contributed by atoms with Gasteiger partial charge in [0, 0.05) is 12.1 Å². The van der Waals surface area contributed by atoms with Gasteiger partial charge in [-0.3, -0.25) is 9.59 Å². The molecule has 0 radical (unpaired) electrons. The summed E-state index contributed by atoms with van der Waals surface area (Å²) in [5, 5.41) is 6.29. The van der Waals surface area contributed by atoms with Gasteiger partial charge in [0.2, 0.25) is 0 Å². The minimum atomic E-state index is -0.120. The van der Waals surface area contributed by atoms with Gasteiger partial charge in [0.05, 0.1) is 17.3 Å². The molecule has 3 rings (SSSR count). The second-order valence-electron chi connectivity index (χ2n) is 5.50. The Hall–Kier alpha value is -2.62. The number of hydrogen-bond donors (Lipinski definition) is 2. The van der Waals surface area contributed by atoms with Crippen LogP contribution in [0.2, 0.25) is 0 Å². The van der Waals surface area contributed by atoms with E-state index in [-0.39, 0.29) is 11.9 Å². The molecule has 0 aromatic heterocycles. The van der Waals surface area contributed by atoms with Crippen molar-refractivity contribution >= 4 is 17.9 Å². The SMILES string of the molecule is C[C@H](NC(=O)c1cccc2c1NCC2)c1ccc(C=O)cc1. The Bertz CT molecular complexity index is 708. The average Bonchev–Trinajstić information content (AvgIpc) is 3.03. The van der Waals surface area contributed by atoms with Crippen LogP contribution in [0.3, 0.4) is 0 Å². The summed E-state index contributed by atoms with van der Waals surface area (Å²) in [7, 11) is 0. The maximum atomic E-state index is 12.5. The number of nitrogens with one attached hydrogen (secondary N) is 2. The van der Waals surface area contributed by atoms with Gasteiger partial charge < -0.3 is 10.6 Å². The van der Waals surface area contributed by atoms with Gasteiger partial charge in [0.1, 0.15) is 6.29 Å². The highest BCUT2D eigenvalue weighted by Crippen LogP contribution is 2.26. The predicted octanol–water partition coefficient (Wildman–Crippen LogP) is 2.96. The summed E-state index contributed by atoms with van der Waals surface area (Å²) >= 11 is 0. The first-order chi connectivity index (χ1) is 10.7. The molecular weight excluding hydrogens is 276 g/mol. The second-order valence-corrected chi connectivity index (χ2v) is 5.50. The van der Waals surface area contributed by atoms with Gasteiger partial charge in [0.25, 0.3) is 5.91 Å². The molecule has 0 saturated carbocycles. The summed E-state index contributed by atoms with van der Waals surface area (Å²) in [6.07, 6.45) is 1.77. The van der Waals surface area contributed by atoms with Crippen LogP contribution in [0.1, 0.15) is 44.8 Å². The highest BCUT2D eigenvalue weighted by atomic mass is 16.1. The molecule has 0 fully saturated rings. The molecule has 1 aliphatic rings. The molecule has 1 aliphatic heterocycles. The van der Waals surface area contributed by atoms with Crippen molar-refractivity contribution in [1.29, 1.82) is 0 Å². The average molecular weight is 294 g/mol. The van der Waals surface area contributed by atoms with Crippen molar-refractivity contribution in [2.24, 2.45) is 0 Å². The highest BCUT2D eigenvalue weighted by Gasteiger charge is 2.19. The number of hydrogen-bond acceptors (Lipinski definition) is 3. The number of rotatable bonds is 4. The summed E-state index contributed by atoms with van der Waals surface area (Å²) in [5.74, 6) is -0.0850. The van der Waals surface area contributed by atoms with Gasteiger partial charge in [0.15, 0.2) is 0 Å². The smallest absolute Gasteiger partial charge is 0.253 e. The van der Waals surface area contributed by atoms with Crippen LogP contribution in [0.15, 0.2) is 42.5 Å². The third kappa shape index (κ3) is 2.72. The zero-order chi connectivity index (χ0) is 15.5. The molecule has 1 heterocycles. The summed E-state index contributed by atoms with van der Waals surface area (Å²) in [6.45, 7) is 2.81. The Morgan fingerprint density at radius 2 is 2.00 bits per heavy atom. The third-order valence-corrected chi connectivity index (χ3v) is 4.01. The highest BCUT2D eigenvalue weighted by molar-refractivity contribution is 6.00. The molecule has 0 aliphatic carbocycles. The van der Waals surface area contributed by atoms with Crippen molar-refractivity contribution in [3.8, 4) is 0 Å². The van der Waals surface area contributed by atoms with E-state index in [1.165, 1.54) is 5.56 Å². The van der Waals surface area contributed by atoms with Crippen LogP contribution >= 0.6 is 0 Å². The lowest BCUT2D eigenvalue weighted by molar-refractivity contribution is 0.0940. The lowest BCUT2D eigenvalue weighted by Crippen LogP contribution is -2.27. The Balaban J connectivity index is 1.76. The van der Waals surface area contributed by atoms with Gasteiger partial charge in [-0.15, -0.1) is 0 Å².